The van der Waals surface area contributed by atoms with Gasteiger partial charge < -0.3 is 31.3 Å². The van der Waals surface area contributed by atoms with E-state index in [0.717, 1.165) is 74.9 Å². The van der Waals surface area contributed by atoms with Crippen LogP contribution in [0, 0.1) is 35.5 Å². The van der Waals surface area contributed by atoms with Gasteiger partial charge in [0.25, 0.3) is 0 Å². The van der Waals surface area contributed by atoms with Gasteiger partial charge in [-0.2, -0.15) is 0 Å². The number of carboxylic acid groups (broad SMARTS) is 1. The van der Waals surface area contributed by atoms with Gasteiger partial charge in [0.05, 0.1) is 30.8 Å². The Morgan fingerprint density at radius 2 is 1.62 bits per heavy atom. The molecule has 0 aromatic heterocycles. The van der Waals surface area contributed by atoms with Crippen LogP contribution in [-0.4, -0.2) is 62.1 Å². The van der Waals surface area contributed by atoms with Crippen molar-refractivity contribution >= 4 is 27.6 Å². The second-order valence-corrected chi connectivity index (χ2v) is 17.3. The van der Waals surface area contributed by atoms with Crippen molar-refractivity contribution in [2.24, 2.45) is 41.2 Å². The van der Waals surface area contributed by atoms with Gasteiger partial charge in [-0.05, 0) is 123 Å². The number of aliphatic hydroxyl groups is 4. The highest BCUT2D eigenvalue weighted by Crippen LogP contribution is 2.40. The van der Waals surface area contributed by atoms with Gasteiger partial charge in [-0.15, -0.1) is 0 Å². The SMILES string of the molecule is C[C@H](O)[C@H](C(=O)O)[C@@H]1CCc2ccccc2CSSC[C@H](Cc2cccc(CO)c2)[C@H](C/C=C\[C@H](O)[C@H](O)C2CCCCC2)CC[C@@H]1CCN. The van der Waals surface area contributed by atoms with Crippen LogP contribution in [-0.2, 0) is 30.0 Å². The van der Waals surface area contributed by atoms with Crippen molar-refractivity contribution < 1.29 is 30.3 Å². The molecule has 0 amide bonds. The van der Waals surface area contributed by atoms with E-state index in [9.17, 15) is 30.3 Å². The van der Waals surface area contributed by atoms with Crippen molar-refractivity contribution in [3.8, 4) is 0 Å². The Balaban J connectivity index is 1.67. The minimum Gasteiger partial charge on any atom is -0.481 e. The van der Waals surface area contributed by atoms with E-state index < -0.39 is 30.2 Å². The molecule has 278 valence electrons. The minimum absolute atomic E-state index is 0.00786. The number of fused-ring (bicyclic) bond motifs is 1. The second kappa shape index (κ2) is 21.6. The number of nitrogens with two attached hydrogens (primary N) is 1. The smallest absolute Gasteiger partial charge is 0.309 e. The van der Waals surface area contributed by atoms with Crippen LogP contribution < -0.4 is 5.73 Å². The Kier molecular flexibility index (Phi) is 17.7. The summed E-state index contributed by atoms with van der Waals surface area (Å²) in [6.45, 7) is 2.04. The molecule has 2 aromatic carbocycles. The maximum Gasteiger partial charge on any atom is 0.309 e. The number of hydrogen-bond acceptors (Lipinski definition) is 8. The van der Waals surface area contributed by atoms with Gasteiger partial charge in [-0.25, -0.2) is 0 Å². The highest BCUT2D eigenvalue weighted by molar-refractivity contribution is 8.76. The number of benzene rings is 2. The molecule has 1 heterocycles. The molecule has 0 spiro atoms. The van der Waals surface area contributed by atoms with Crippen molar-refractivity contribution in [2.45, 2.75) is 115 Å². The molecule has 2 aromatic rings. The molecule has 0 saturated heterocycles. The number of aryl methyl sites for hydroxylation is 1. The fourth-order valence-corrected chi connectivity index (χ4v) is 11.1. The van der Waals surface area contributed by atoms with Crippen LogP contribution in [0.15, 0.2) is 60.7 Å². The first-order valence-electron chi connectivity index (χ1n) is 18.8. The molecule has 1 aliphatic heterocycles. The number of aliphatic carboxylic acids is 1. The molecule has 2 aliphatic rings. The van der Waals surface area contributed by atoms with Gasteiger partial charge in [0.15, 0.2) is 0 Å². The number of carboxylic acids is 1. The highest BCUT2D eigenvalue weighted by atomic mass is 33.1. The first-order chi connectivity index (χ1) is 24.2. The van der Waals surface area contributed by atoms with Gasteiger partial charge in [-0.3, -0.25) is 4.79 Å². The average Bonchev–Trinajstić information content (AvgIpc) is 3.12. The van der Waals surface area contributed by atoms with Crippen LogP contribution in [0.1, 0.15) is 93.4 Å². The monoisotopic (exact) mass is 727 g/mol. The lowest BCUT2D eigenvalue weighted by Gasteiger charge is -2.35. The summed E-state index contributed by atoms with van der Waals surface area (Å²) < 4.78 is 0. The lowest BCUT2D eigenvalue weighted by molar-refractivity contribution is -0.149. The summed E-state index contributed by atoms with van der Waals surface area (Å²) >= 11 is 0. The largest absolute Gasteiger partial charge is 0.481 e. The normalized spacial score (nSPS) is 25.6. The molecule has 0 bridgehead atoms. The molecule has 0 radical (unpaired) electrons. The van der Waals surface area contributed by atoms with Gasteiger partial charge in [-0.1, -0.05) is 102 Å². The molecular weight excluding hydrogens is 667 g/mol. The predicted molar refractivity (Wildman–Crippen MR) is 207 cm³/mol. The van der Waals surface area contributed by atoms with E-state index in [2.05, 4.69) is 42.5 Å². The molecule has 0 unspecified atom stereocenters. The molecule has 7 nitrogen and oxygen atoms in total. The topological polar surface area (TPSA) is 144 Å². The first kappa shape index (κ1) is 40.9. The third-order valence-electron chi connectivity index (χ3n) is 11.4. The predicted octanol–water partition coefficient (Wildman–Crippen LogP) is 7.17. The molecule has 1 fully saturated rings. The number of hydrogen-bond donors (Lipinski definition) is 6. The van der Waals surface area contributed by atoms with Gasteiger partial charge in [0, 0.05) is 11.5 Å². The number of carbonyl (C=O) groups is 1. The molecule has 50 heavy (non-hydrogen) atoms. The van der Waals surface area contributed by atoms with Crippen molar-refractivity contribution in [3.05, 3.63) is 82.9 Å². The van der Waals surface area contributed by atoms with Gasteiger partial charge in [0.1, 0.15) is 0 Å². The van der Waals surface area contributed by atoms with Crippen LogP contribution >= 0.6 is 21.6 Å². The zero-order chi connectivity index (χ0) is 35.9. The number of allylic oxidation sites excluding steroid dienone is 1. The molecular formula is C41H61NO6S2. The number of rotatable bonds is 13. The van der Waals surface area contributed by atoms with Crippen LogP contribution in [0.5, 0.6) is 0 Å². The summed E-state index contributed by atoms with van der Waals surface area (Å²) in [4.78, 5) is 12.7. The van der Waals surface area contributed by atoms with Gasteiger partial charge >= 0.3 is 5.97 Å². The summed E-state index contributed by atoms with van der Waals surface area (Å²) in [7, 11) is 3.75. The summed E-state index contributed by atoms with van der Waals surface area (Å²) in [6.07, 6.45) is 11.8. The third kappa shape index (κ3) is 12.4. The lowest BCUT2D eigenvalue weighted by atomic mass is 9.71. The van der Waals surface area contributed by atoms with Crippen molar-refractivity contribution in [1.82, 2.24) is 0 Å². The van der Waals surface area contributed by atoms with E-state index in [1.165, 1.54) is 23.1 Å². The van der Waals surface area contributed by atoms with Crippen molar-refractivity contribution in [2.75, 3.05) is 12.3 Å². The van der Waals surface area contributed by atoms with Crippen molar-refractivity contribution in [1.29, 1.82) is 0 Å². The maximum atomic E-state index is 12.7. The fourth-order valence-electron chi connectivity index (χ4n) is 8.50. The molecule has 1 aliphatic carbocycles. The third-order valence-corrected chi connectivity index (χ3v) is 13.8. The summed E-state index contributed by atoms with van der Waals surface area (Å²) in [5.74, 6) is 0.332. The minimum atomic E-state index is -0.985. The Morgan fingerprint density at radius 3 is 2.32 bits per heavy atom. The van der Waals surface area contributed by atoms with Crippen LogP contribution in [0.3, 0.4) is 0 Å². The lowest BCUT2D eigenvalue weighted by Crippen LogP contribution is -2.38. The standard InChI is InChI=1S/C41H61NO6S2/c1-28(44)39(41(47)48)37-20-19-31-11-5-6-14-35(31)26-49-50-27-36(24-29-9-7-10-30(23-29)25-43)32(17-18-33(37)21-22-42)15-8-16-38(45)40(46)34-12-3-2-4-13-34/h5-11,14,16,23,28,32-34,36-40,43-46H,2-4,12-13,15,17-22,24-27,42H2,1H3,(H,47,48)/b16-8-/t28-,32+,33+,36-,37+,38-,39-,40+/m0/s1. The van der Waals surface area contributed by atoms with E-state index in [1.54, 1.807) is 13.0 Å². The van der Waals surface area contributed by atoms with E-state index in [4.69, 9.17) is 5.73 Å². The Hall–Kier alpha value is -1.85. The van der Waals surface area contributed by atoms with Crippen LogP contribution in [0.4, 0.5) is 0 Å². The summed E-state index contributed by atoms with van der Waals surface area (Å²) in [5, 5.41) is 53.0. The second-order valence-electron chi connectivity index (χ2n) is 14.8. The van der Waals surface area contributed by atoms with Crippen LogP contribution in [0.25, 0.3) is 0 Å². The molecule has 4 rings (SSSR count). The molecule has 8 atom stereocenters. The van der Waals surface area contributed by atoms with E-state index in [-0.39, 0.29) is 36.2 Å². The zero-order valence-electron chi connectivity index (χ0n) is 29.8. The van der Waals surface area contributed by atoms with E-state index in [1.807, 2.05) is 33.7 Å². The average molecular weight is 728 g/mol. The fraction of sp³-hybridized carbons (Fsp3) is 0.634. The zero-order valence-corrected chi connectivity index (χ0v) is 31.5. The summed E-state index contributed by atoms with van der Waals surface area (Å²) in [5.41, 5.74) is 10.8. The Bertz CT molecular complexity index is 1320. The summed E-state index contributed by atoms with van der Waals surface area (Å²) in [6, 6.07) is 16.6. The van der Waals surface area contributed by atoms with Crippen molar-refractivity contribution in [3.63, 3.8) is 0 Å². The molecule has 9 heteroatoms. The van der Waals surface area contributed by atoms with Crippen LogP contribution in [0.2, 0.25) is 0 Å². The molecule has 7 N–H and O–H groups in total. The quantitative estimate of drug-likeness (QED) is 0.0935. The highest BCUT2D eigenvalue weighted by Gasteiger charge is 2.37. The number of aliphatic hydroxyl groups excluding tert-OH is 4. The Morgan fingerprint density at radius 1 is 0.900 bits per heavy atom. The van der Waals surface area contributed by atoms with E-state index >= 15 is 0 Å². The maximum absolute atomic E-state index is 12.7. The van der Waals surface area contributed by atoms with Gasteiger partial charge in [0.2, 0.25) is 0 Å². The van der Waals surface area contributed by atoms with E-state index in [0.29, 0.717) is 19.4 Å². The Labute approximate surface area is 307 Å². The first-order valence-corrected chi connectivity index (χ1v) is 21.3. The molecule has 1 saturated carbocycles.